The van der Waals surface area contributed by atoms with Gasteiger partial charge in [-0.25, -0.2) is 0 Å². The van der Waals surface area contributed by atoms with E-state index in [-0.39, 0.29) is 23.7 Å². The van der Waals surface area contributed by atoms with Crippen LogP contribution in [0.3, 0.4) is 0 Å². The third kappa shape index (κ3) is 2.68. The lowest BCUT2D eigenvalue weighted by Gasteiger charge is -2.34. The highest BCUT2D eigenvalue weighted by molar-refractivity contribution is 5.92. The monoisotopic (exact) mass is 279 g/mol. The van der Waals surface area contributed by atoms with E-state index in [4.69, 9.17) is 0 Å². The van der Waals surface area contributed by atoms with Gasteiger partial charge in [0.1, 0.15) is 0 Å². The molecule has 1 saturated carbocycles. The maximum absolute atomic E-state index is 12.4. The second-order valence-corrected chi connectivity index (χ2v) is 6.24. The Balaban J connectivity index is 1.49. The van der Waals surface area contributed by atoms with Gasteiger partial charge in [-0.15, -0.1) is 0 Å². The number of nitrogens with zero attached hydrogens (tertiary/aromatic N) is 3. The van der Waals surface area contributed by atoms with Gasteiger partial charge < -0.3 is 14.7 Å². The number of amides is 2. The number of hydrogen-bond donors (Lipinski definition) is 0. The van der Waals surface area contributed by atoms with Crippen LogP contribution in [0.2, 0.25) is 0 Å². The summed E-state index contributed by atoms with van der Waals surface area (Å²) in [5.74, 6) is 0.424. The molecule has 0 bridgehead atoms. The predicted molar refractivity (Wildman–Crippen MR) is 76.1 cm³/mol. The lowest BCUT2D eigenvalue weighted by Crippen LogP contribution is -2.49. The average Bonchev–Trinajstić information content (AvgIpc) is 3.10. The van der Waals surface area contributed by atoms with Crippen LogP contribution in [0.4, 0.5) is 0 Å². The largest absolute Gasteiger partial charge is 0.342 e. The van der Waals surface area contributed by atoms with E-state index >= 15 is 0 Å². The molecule has 2 atom stereocenters. The van der Waals surface area contributed by atoms with Crippen LogP contribution >= 0.6 is 0 Å². The van der Waals surface area contributed by atoms with E-state index in [0.717, 1.165) is 65.1 Å². The van der Waals surface area contributed by atoms with Gasteiger partial charge in [-0.1, -0.05) is 6.92 Å². The van der Waals surface area contributed by atoms with Crippen LogP contribution in [0.1, 0.15) is 26.2 Å². The van der Waals surface area contributed by atoms with Gasteiger partial charge in [0.15, 0.2) is 0 Å². The zero-order valence-corrected chi connectivity index (χ0v) is 12.4. The summed E-state index contributed by atoms with van der Waals surface area (Å²) in [6.07, 6.45) is 3.02. The van der Waals surface area contributed by atoms with Crippen molar-refractivity contribution in [2.75, 3.05) is 45.8 Å². The maximum atomic E-state index is 12.4. The van der Waals surface area contributed by atoms with E-state index in [1.54, 1.807) is 0 Å². The smallest absolute Gasteiger partial charge is 0.226 e. The number of carbonyl (C=O) groups is 2. The molecule has 3 aliphatic rings. The molecule has 0 aromatic carbocycles. The number of piperazine rings is 1. The summed E-state index contributed by atoms with van der Waals surface area (Å²) in [7, 11) is 0. The van der Waals surface area contributed by atoms with Crippen LogP contribution in [-0.2, 0) is 9.59 Å². The highest BCUT2D eigenvalue weighted by atomic mass is 16.2. The molecule has 2 saturated heterocycles. The summed E-state index contributed by atoms with van der Waals surface area (Å²) >= 11 is 0. The molecule has 2 aliphatic heterocycles. The number of rotatable bonds is 3. The fraction of sp³-hybridized carbons (Fsp3) is 0.867. The first-order chi connectivity index (χ1) is 9.70. The molecule has 2 heterocycles. The fourth-order valence-corrected chi connectivity index (χ4v) is 3.43. The molecule has 0 aromatic rings. The van der Waals surface area contributed by atoms with Gasteiger partial charge in [0, 0.05) is 39.3 Å². The van der Waals surface area contributed by atoms with Crippen molar-refractivity contribution in [1.82, 2.24) is 14.7 Å². The second kappa shape index (κ2) is 5.72. The summed E-state index contributed by atoms with van der Waals surface area (Å²) in [4.78, 5) is 31.0. The maximum Gasteiger partial charge on any atom is 0.226 e. The first kappa shape index (κ1) is 13.9. The van der Waals surface area contributed by atoms with Gasteiger partial charge in [-0.2, -0.15) is 0 Å². The van der Waals surface area contributed by atoms with Crippen molar-refractivity contribution in [3.05, 3.63) is 0 Å². The van der Waals surface area contributed by atoms with Gasteiger partial charge in [0.2, 0.25) is 11.8 Å². The standard InChI is InChI=1S/C15H25N3O2/c1-2-16-7-9-18(10-8-16)15(20)13-11-12(13)14(19)17-5-3-4-6-17/h12-13H,2-11H2,1H3. The molecule has 20 heavy (non-hydrogen) atoms. The Bertz CT molecular complexity index is 385. The fourth-order valence-electron chi connectivity index (χ4n) is 3.43. The molecule has 5 heteroatoms. The molecule has 0 N–H and O–H groups in total. The Morgan fingerprint density at radius 2 is 1.35 bits per heavy atom. The first-order valence-electron chi connectivity index (χ1n) is 8.00. The Labute approximate surface area is 120 Å². The number of likely N-dealkylation sites (tertiary alicyclic amines) is 1. The minimum absolute atomic E-state index is 0.00944. The van der Waals surface area contributed by atoms with Crippen LogP contribution < -0.4 is 0 Å². The van der Waals surface area contributed by atoms with Crippen molar-refractivity contribution >= 4 is 11.8 Å². The van der Waals surface area contributed by atoms with Crippen molar-refractivity contribution < 1.29 is 9.59 Å². The lowest BCUT2D eigenvalue weighted by molar-refractivity contribution is -0.138. The van der Waals surface area contributed by atoms with E-state index in [2.05, 4.69) is 11.8 Å². The zero-order valence-electron chi connectivity index (χ0n) is 12.4. The molecular weight excluding hydrogens is 254 g/mol. The van der Waals surface area contributed by atoms with E-state index in [1.165, 1.54) is 0 Å². The number of carbonyl (C=O) groups excluding carboxylic acids is 2. The number of likely N-dealkylation sites (N-methyl/N-ethyl adjacent to an activating group) is 1. The molecule has 112 valence electrons. The molecule has 0 radical (unpaired) electrons. The molecule has 0 spiro atoms. The summed E-state index contributed by atoms with van der Waals surface area (Å²) in [6, 6.07) is 0. The zero-order chi connectivity index (χ0) is 14.1. The SMILES string of the molecule is CCN1CCN(C(=O)C2CC2C(=O)N2CCCC2)CC1. The molecule has 3 rings (SSSR count). The van der Waals surface area contributed by atoms with Crippen molar-refractivity contribution in [2.24, 2.45) is 11.8 Å². The summed E-state index contributed by atoms with van der Waals surface area (Å²) < 4.78 is 0. The van der Waals surface area contributed by atoms with Crippen molar-refractivity contribution in [2.45, 2.75) is 26.2 Å². The van der Waals surface area contributed by atoms with Crippen LogP contribution in [0.15, 0.2) is 0 Å². The molecule has 2 unspecified atom stereocenters. The Hall–Kier alpha value is -1.10. The van der Waals surface area contributed by atoms with Crippen molar-refractivity contribution in [3.8, 4) is 0 Å². The lowest BCUT2D eigenvalue weighted by atomic mass is 10.2. The predicted octanol–water partition coefficient (Wildman–Crippen LogP) is 0.409. The van der Waals surface area contributed by atoms with Crippen molar-refractivity contribution in [3.63, 3.8) is 0 Å². The van der Waals surface area contributed by atoms with Gasteiger partial charge in [0.05, 0.1) is 11.8 Å². The van der Waals surface area contributed by atoms with E-state index in [1.807, 2.05) is 9.80 Å². The minimum atomic E-state index is -0.0173. The van der Waals surface area contributed by atoms with Gasteiger partial charge in [-0.05, 0) is 25.8 Å². The Morgan fingerprint density at radius 3 is 1.85 bits per heavy atom. The quantitative estimate of drug-likeness (QED) is 0.751. The molecular formula is C15H25N3O2. The van der Waals surface area contributed by atoms with Crippen LogP contribution in [0, 0.1) is 11.8 Å². The van der Waals surface area contributed by atoms with Gasteiger partial charge in [0.25, 0.3) is 0 Å². The molecule has 0 aromatic heterocycles. The molecule has 2 amide bonds. The highest BCUT2D eigenvalue weighted by Crippen LogP contribution is 2.42. The molecule has 1 aliphatic carbocycles. The Kier molecular flexibility index (Phi) is 3.96. The highest BCUT2D eigenvalue weighted by Gasteiger charge is 2.51. The number of hydrogen-bond acceptors (Lipinski definition) is 3. The summed E-state index contributed by atoms with van der Waals surface area (Å²) in [6.45, 7) is 8.60. The normalized spacial score (nSPS) is 30.6. The third-order valence-corrected chi connectivity index (χ3v) is 4.97. The topological polar surface area (TPSA) is 43.9 Å². The first-order valence-corrected chi connectivity index (χ1v) is 8.00. The van der Waals surface area contributed by atoms with Gasteiger partial charge in [-0.3, -0.25) is 9.59 Å². The second-order valence-electron chi connectivity index (χ2n) is 6.24. The van der Waals surface area contributed by atoms with Crippen LogP contribution in [-0.4, -0.2) is 72.3 Å². The van der Waals surface area contributed by atoms with Crippen molar-refractivity contribution in [1.29, 1.82) is 0 Å². The summed E-state index contributed by atoms with van der Waals surface area (Å²) in [5.41, 5.74) is 0. The summed E-state index contributed by atoms with van der Waals surface area (Å²) in [5, 5.41) is 0. The molecule has 3 fully saturated rings. The van der Waals surface area contributed by atoms with Gasteiger partial charge >= 0.3 is 0 Å². The molecule has 5 nitrogen and oxygen atoms in total. The van der Waals surface area contributed by atoms with E-state index in [0.29, 0.717) is 0 Å². The van der Waals surface area contributed by atoms with Crippen LogP contribution in [0.25, 0.3) is 0 Å². The Morgan fingerprint density at radius 1 is 0.850 bits per heavy atom. The van der Waals surface area contributed by atoms with Crippen LogP contribution in [0.5, 0.6) is 0 Å². The van der Waals surface area contributed by atoms with E-state index < -0.39 is 0 Å². The third-order valence-electron chi connectivity index (χ3n) is 4.97. The minimum Gasteiger partial charge on any atom is -0.342 e. The van der Waals surface area contributed by atoms with E-state index in [9.17, 15) is 9.59 Å². The average molecular weight is 279 g/mol.